The number of carbonyl (C=O) groups excluding carboxylic acids is 1. The number of aldehydes is 1. The van der Waals surface area contributed by atoms with E-state index >= 15 is 0 Å². The molecule has 0 N–H and O–H groups in total. The van der Waals surface area contributed by atoms with Crippen molar-refractivity contribution in [3.05, 3.63) is 58.5 Å². The Hall–Kier alpha value is -1.83. The minimum atomic E-state index is 0.406. The van der Waals surface area contributed by atoms with Crippen LogP contribution < -0.4 is 0 Å². The monoisotopic (exact) mass is 240 g/mol. The van der Waals surface area contributed by atoms with Gasteiger partial charge in [0.25, 0.3) is 0 Å². The first-order valence-electron chi connectivity index (χ1n) is 6.50. The van der Waals surface area contributed by atoms with Gasteiger partial charge in [0.15, 0.2) is 12.0 Å². The van der Waals surface area contributed by atoms with Crippen molar-refractivity contribution in [1.29, 1.82) is 0 Å². The first-order valence-corrected chi connectivity index (χ1v) is 6.50. The van der Waals surface area contributed by atoms with E-state index in [-0.39, 0.29) is 0 Å². The molecule has 0 fully saturated rings. The number of furan rings is 1. The molecule has 2 aromatic rings. The molecule has 1 aromatic carbocycles. The Labute approximate surface area is 107 Å². The van der Waals surface area contributed by atoms with Crippen molar-refractivity contribution in [2.24, 2.45) is 0 Å². The third-order valence-corrected chi connectivity index (χ3v) is 3.59. The molecule has 1 aromatic heterocycles. The molecule has 2 nitrogen and oxygen atoms in total. The summed E-state index contributed by atoms with van der Waals surface area (Å²) in [6.07, 6.45) is 6.53. The first kappa shape index (κ1) is 11.3. The minimum Gasteiger partial charge on any atom is -0.458 e. The summed E-state index contributed by atoms with van der Waals surface area (Å²) in [4.78, 5) is 10.6. The normalized spacial score (nSPS) is 14.2. The number of hydrogen-bond acceptors (Lipinski definition) is 2. The van der Waals surface area contributed by atoms with Gasteiger partial charge in [0.2, 0.25) is 0 Å². The van der Waals surface area contributed by atoms with Crippen molar-refractivity contribution in [3.63, 3.8) is 0 Å². The fourth-order valence-corrected chi connectivity index (χ4v) is 2.65. The lowest BCUT2D eigenvalue weighted by Crippen LogP contribution is -2.03. The van der Waals surface area contributed by atoms with E-state index in [1.807, 2.05) is 6.07 Å². The highest BCUT2D eigenvalue weighted by Crippen LogP contribution is 2.23. The summed E-state index contributed by atoms with van der Waals surface area (Å²) in [5, 5.41) is 0. The molecule has 1 heterocycles. The third-order valence-electron chi connectivity index (χ3n) is 3.59. The molecule has 92 valence electrons. The smallest absolute Gasteiger partial charge is 0.185 e. The van der Waals surface area contributed by atoms with E-state index < -0.39 is 0 Å². The maximum absolute atomic E-state index is 10.6. The van der Waals surface area contributed by atoms with Gasteiger partial charge in [0.1, 0.15) is 5.76 Å². The molecule has 0 radical (unpaired) electrons. The molecule has 0 bridgehead atoms. The van der Waals surface area contributed by atoms with Crippen LogP contribution in [-0.2, 0) is 19.3 Å². The Morgan fingerprint density at radius 3 is 2.67 bits per heavy atom. The van der Waals surface area contributed by atoms with Gasteiger partial charge in [0, 0.05) is 6.42 Å². The van der Waals surface area contributed by atoms with E-state index in [9.17, 15) is 4.79 Å². The highest BCUT2D eigenvalue weighted by Gasteiger charge is 2.10. The van der Waals surface area contributed by atoms with Gasteiger partial charge in [-0.25, -0.2) is 0 Å². The summed E-state index contributed by atoms with van der Waals surface area (Å²) in [5.41, 5.74) is 4.25. The van der Waals surface area contributed by atoms with Crippen LogP contribution in [0.15, 0.2) is 34.7 Å². The summed E-state index contributed by atoms with van der Waals surface area (Å²) in [6, 6.07) is 10.3. The van der Waals surface area contributed by atoms with Crippen LogP contribution in [0.1, 0.15) is 45.8 Å². The molecule has 0 saturated heterocycles. The molecule has 0 unspecified atom stereocenters. The number of hydrogen-bond donors (Lipinski definition) is 0. The number of rotatable bonds is 3. The van der Waals surface area contributed by atoms with E-state index in [1.54, 1.807) is 6.07 Å². The molecular weight excluding hydrogens is 224 g/mol. The van der Waals surface area contributed by atoms with E-state index in [4.69, 9.17) is 4.42 Å². The largest absolute Gasteiger partial charge is 0.458 e. The molecule has 1 aliphatic carbocycles. The van der Waals surface area contributed by atoms with Gasteiger partial charge < -0.3 is 4.42 Å². The second-order valence-corrected chi connectivity index (χ2v) is 4.91. The minimum absolute atomic E-state index is 0.406. The lowest BCUT2D eigenvalue weighted by molar-refractivity contribution is 0.109. The van der Waals surface area contributed by atoms with Crippen LogP contribution in [0.5, 0.6) is 0 Å². The van der Waals surface area contributed by atoms with Crippen molar-refractivity contribution < 1.29 is 9.21 Å². The highest BCUT2D eigenvalue weighted by atomic mass is 16.3. The zero-order valence-electron chi connectivity index (χ0n) is 10.3. The SMILES string of the molecule is O=Cc1ccc(Cc2ccc3c(c2)CCCC3)o1. The Balaban J connectivity index is 1.82. The third kappa shape index (κ3) is 2.23. The molecule has 0 atom stereocenters. The average Bonchev–Trinajstić information content (AvgIpc) is 2.86. The predicted molar refractivity (Wildman–Crippen MR) is 70.0 cm³/mol. The van der Waals surface area contributed by atoms with Gasteiger partial charge >= 0.3 is 0 Å². The van der Waals surface area contributed by atoms with Crippen LogP contribution >= 0.6 is 0 Å². The second-order valence-electron chi connectivity index (χ2n) is 4.91. The summed E-state index contributed by atoms with van der Waals surface area (Å²) in [5.74, 6) is 1.26. The van der Waals surface area contributed by atoms with Crippen LogP contribution in [-0.4, -0.2) is 6.29 Å². The van der Waals surface area contributed by atoms with Crippen LogP contribution in [0.2, 0.25) is 0 Å². The number of fused-ring (bicyclic) bond motifs is 1. The maximum atomic E-state index is 10.6. The van der Waals surface area contributed by atoms with Gasteiger partial charge in [-0.15, -0.1) is 0 Å². The Kier molecular flexibility index (Phi) is 3.01. The summed E-state index contributed by atoms with van der Waals surface area (Å²) in [6.45, 7) is 0. The van der Waals surface area contributed by atoms with E-state index in [1.165, 1.54) is 42.4 Å². The molecule has 18 heavy (non-hydrogen) atoms. The molecule has 0 amide bonds. The fourth-order valence-electron chi connectivity index (χ4n) is 2.65. The van der Waals surface area contributed by atoms with Crippen LogP contribution in [0.3, 0.4) is 0 Å². The van der Waals surface area contributed by atoms with Crippen molar-refractivity contribution >= 4 is 6.29 Å². The maximum Gasteiger partial charge on any atom is 0.185 e. The van der Waals surface area contributed by atoms with Gasteiger partial charge in [-0.2, -0.15) is 0 Å². The predicted octanol–water partition coefficient (Wildman–Crippen LogP) is 3.56. The zero-order valence-corrected chi connectivity index (χ0v) is 10.3. The Morgan fingerprint density at radius 2 is 1.89 bits per heavy atom. The molecule has 1 aliphatic rings. The lowest BCUT2D eigenvalue weighted by Gasteiger charge is -2.16. The summed E-state index contributed by atoms with van der Waals surface area (Å²) in [7, 11) is 0. The molecule has 3 rings (SSSR count). The van der Waals surface area contributed by atoms with Crippen LogP contribution in [0, 0.1) is 0 Å². The first-order chi connectivity index (χ1) is 8.85. The Morgan fingerprint density at radius 1 is 1.06 bits per heavy atom. The van der Waals surface area contributed by atoms with Gasteiger partial charge in [-0.05, 0) is 54.5 Å². The van der Waals surface area contributed by atoms with Gasteiger partial charge in [0.05, 0.1) is 0 Å². The van der Waals surface area contributed by atoms with Crippen molar-refractivity contribution in [3.8, 4) is 0 Å². The quantitative estimate of drug-likeness (QED) is 0.768. The summed E-state index contributed by atoms with van der Waals surface area (Å²) >= 11 is 0. The molecule has 0 spiro atoms. The van der Waals surface area contributed by atoms with Crippen molar-refractivity contribution in [1.82, 2.24) is 0 Å². The van der Waals surface area contributed by atoms with Crippen LogP contribution in [0.25, 0.3) is 0 Å². The van der Waals surface area contributed by atoms with Crippen LogP contribution in [0.4, 0.5) is 0 Å². The standard InChI is InChI=1S/C16H16O2/c17-11-16-8-7-15(18-16)10-12-5-6-13-3-1-2-4-14(13)9-12/h5-9,11H,1-4,10H2. The molecular formula is C16H16O2. The van der Waals surface area contributed by atoms with Crippen molar-refractivity contribution in [2.75, 3.05) is 0 Å². The lowest BCUT2D eigenvalue weighted by atomic mass is 9.90. The average molecular weight is 240 g/mol. The highest BCUT2D eigenvalue weighted by molar-refractivity contribution is 5.70. The van der Waals surface area contributed by atoms with E-state index in [0.717, 1.165) is 18.5 Å². The zero-order chi connectivity index (χ0) is 12.4. The van der Waals surface area contributed by atoms with Gasteiger partial charge in [-0.1, -0.05) is 18.2 Å². The molecule has 0 saturated carbocycles. The Bertz CT molecular complexity index is 566. The van der Waals surface area contributed by atoms with Gasteiger partial charge in [-0.3, -0.25) is 4.79 Å². The number of aryl methyl sites for hydroxylation is 2. The van der Waals surface area contributed by atoms with Crippen molar-refractivity contribution in [2.45, 2.75) is 32.1 Å². The van der Waals surface area contributed by atoms with E-state index in [0.29, 0.717) is 5.76 Å². The molecule has 2 heteroatoms. The molecule has 0 aliphatic heterocycles. The second kappa shape index (κ2) is 4.81. The number of benzene rings is 1. The fraction of sp³-hybridized carbons (Fsp3) is 0.312. The topological polar surface area (TPSA) is 30.2 Å². The van der Waals surface area contributed by atoms with E-state index in [2.05, 4.69) is 18.2 Å². The summed E-state index contributed by atoms with van der Waals surface area (Å²) < 4.78 is 5.41. The number of carbonyl (C=O) groups is 1.